The van der Waals surface area contributed by atoms with Crippen LogP contribution in [0.3, 0.4) is 0 Å². The Labute approximate surface area is 138 Å². The largest absolute Gasteiger partial charge is 0.379 e. The minimum absolute atomic E-state index is 0.131. The third kappa shape index (κ3) is 4.53. The van der Waals surface area contributed by atoms with Gasteiger partial charge in [-0.05, 0) is 31.5 Å². The van der Waals surface area contributed by atoms with E-state index in [1.807, 2.05) is 18.2 Å². The molecule has 1 aromatic rings. The van der Waals surface area contributed by atoms with E-state index >= 15 is 0 Å². The number of carbonyl (C=O) groups is 1. The van der Waals surface area contributed by atoms with Crippen LogP contribution in [0.15, 0.2) is 30.3 Å². The number of rotatable bonds is 6. The minimum Gasteiger partial charge on any atom is -0.379 e. The number of nitrogens with zero attached hydrogens (tertiary/aromatic N) is 2. The van der Waals surface area contributed by atoms with E-state index in [-0.39, 0.29) is 11.9 Å². The molecule has 0 unspecified atom stereocenters. The van der Waals surface area contributed by atoms with Gasteiger partial charge in [-0.25, -0.2) is 0 Å². The van der Waals surface area contributed by atoms with Gasteiger partial charge in [-0.15, -0.1) is 0 Å². The lowest BCUT2D eigenvalue weighted by Gasteiger charge is -2.29. The van der Waals surface area contributed by atoms with Gasteiger partial charge in [-0.2, -0.15) is 0 Å². The Morgan fingerprint density at radius 3 is 2.48 bits per heavy atom. The number of nitrogens with one attached hydrogen (secondary N) is 1. The zero-order valence-electron chi connectivity index (χ0n) is 13.7. The van der Waals surface area contributed by atoms with Crippen molar-refractivity contribution in [3.8, 4) is 0 Å². The molecule has 1 amide bonds. The van der Waals surface area contributed by atoms with Gasteiger partial charge < -0.3 is 10.1 Å². The number of hydrogen-bond acceptors (Lipinski definition) is 4. The predicted molar refractivity (Wildman–Crippen MR) is 90.3 cm³/mol. The Hall–Kier alpha value is -1.43. The molecule has 0 saturated carbocycles. The normalized spacial score (nSPS) is 21.2. The number of likely N-dealkylation sites (tertiary alicyclic amines) is 1. The molecule has 23 heavy (non-hydrogen) atoms. The highest BCUT2D eigenvalue weighted by atomic mass is 16.5. The molecule has 126 valence electrons. The molecule has 1 atom stereocenters. The number of hydrogen-bond donors (Lipinski definition) is 1. The summed E-state index contributed by atoms with van der Waals surface area (Å²) in [7, 11) is 0. The molecule has 0 radical (unpaired) electrons. The summed E-state index contributed by atoms with van der Waals surface area (Å²) < 4.78 is 5.36. The quantitative estimate of drug-likeness (QED) is 0.858. The maximum Gasteiger partial charge on any atom is 0.242 e. The fourth-order valence-electron chi connectivity index (χ4n) is 3.42. The zero-order valence-corrected chi connectivity index (χ0v) is 13.7. The maximum absolute atomic E-state index is 12.8. The number of ether oxygens (including phenoxy) is 1. The van der Waals surface area contributed by atoms with Gasteiger partial charge in [0.15, 0.2) is 0 Å². The van der Waals surface area contributed by atoms with Crippen LogP contribution in [0, 0.1) is 0 Å². The molecule has 2 saturated heterocycles. The fraction of sp³-hybridized carbons (Fsp3) is 0.611. The molecule has 2 aliphatic rings. The summed E-state index contributed by atoms with van der Waals surface area (Å²) >= 11 is 0. The maximum atomic E-state index is 12.8. The smallest absolute Gasteiger partial charge is 0.242 e. The SMILES string of the molecule is O=C(NCCN1CCOCC1)[C@@H](c1ccccc1)N1CCCC1. The molecular formula is C18H27N3O2. The number of benzene rings is 1. The van der Waals surface area contributed by atoms with Crippen LogP contribution in [0.2, 0.25) is 0 Å². The summed E-state index contributed by atoms with van der Waals surface area (Å²) in [6, 6.07) is 10.00. The molecule has 1 N–H and O–H groups in total. The van der Waals surface area contributed by atoms with Crippen molar-refractivity contribution in [3.05, 3.63) is 35.9 Å². The Balaban J connectivity index is 1.56. The highest BCUT2D eigenvalue weighted by Gasteiger charge is 2.29. The first-order chi connectivity index (χ1) is 11.3. The standard InChI is InChI=1S/C18H27N3O2/c22-18(19-8-11-20-12-14-23-15-13-20)17(21-9-4-5-10-21)16-6-2-1-3-7-16/h1-3,6-7,17H,4-5,8-15H2,(H,19,22)/t17-/m1/s1. The van der Waals surface area contributed by atoms with Crippen LogP contribution in [-0.2, 0) is 9.53 Å². The Kier molecular flexibility index (Phi) is 6.02. The van der Waals surface area contributed by atoms with Crippen LogP contribution in [0.1, 0.15) is 24.4 Å². The zero-order chi connectivity index (χ0) is 15.9. The highest BCUT2D eigenvalue weighted by molar-refractivity contribution is 5.83. The van der Waals surface area contributed by atoms with Gasteiger partial charge in [0.25, 0.3) is 0 Å². The van der Waals surface area contributed by atoms with E-state index in [1.165, 1.54) is 12.8 Å². The molecule has 5 heteroatoms. The van der Waals surface area contributed by atoms with Gasteiger partial charge in [-0.3, -0.25) is 14.6 Å². The van der Waals surface area contributed by atoms with Crippen molar-refractivity contribution in [2.45, 2.75) is 18.9 Å². The van der Waals surface area contributed by atoms with Crippen molar-refractivity contribution < 1.29 is 9.53 Å². The van der Waals surface area contributed by atoms with Crippen molar-refractivity contribution in [1.29, 1.82) is 0 Å². The van der Waals surface area contributed by atoms with Crippen molar-refractivity contribution in [3.63, 3.8) is 0 Å². The summed E-state index contributed by atoms with van der Waals surface area (Å²) in [5.41, 5.74) is 1.10. The third-order valence-corrected chi connectivity index (χ3v) is 4.70. The summed E-state index contributed by atoms with van der Waals surface area (Å²) in [5, 5.41) is 3.14. The van der Waals surface area contributed by atoms with E-state index in [9.17, 15) is 4.79 Å². The van der Waals surface area contributed by atoms with Crippen molar-refractivity contribution in [1.82, 2.24) is 15.1 Å². The van der Waals surface area contributed by atoms with Crippen LogP contribution >= 0.6 is 0 Å². The second kappa shape index (κ2) is 8.43. The summed E-state index contributed by atoms with van der Waals surface area (Å²) in [6.45, 7) is 7.15. The highest BCUT2D eigenvalue weighted by Crippen LogP contribution is 2.25. The van der Waals surface area contributed by atoms with E-state index in [1.54, 1.807) is 0 Å². The van der Waals surface area contributed by atoms with Crippen molar-refractivity contribution in [2.75, 3.05) is 52.5 Å². The van der Waals surface area contributed by atoms with Gasteiger partial charge >= 0.3 is 0 Å². The second-order valence-corrected chi connectivity index (χ2v) is 6.30. The monoisotopic (exact) mass is 317 g/mol. The first kappa shape index (κ1) is 16.4. The molecule has 0 spiro atoms. The average Bonchev–Trinajstić information content (AvgIpc) is 3.11. The van der Waals surface area contributed by atoms with Crippen molar-refractivity contribution in [2.24, 2.45) is 0 Å². The van der Waals surface area contributed by atoms with Crippen molar-refractivity contribution >= 4 is 5.91 Å². The van der Waals surface area contributed by atoms with E-state index < -0.39 is 0 Å². The van der Waals surface area contributed by atoms with E-state index in [2.05, 4.69) is 27.2 Å². The van der Waals surface area contributed by atoms with Crippen LogP contribution in [0.25, 0.3) is 0 Å². The Morgan fingerprint density at radius 1 is 1.09 bits per heavy atom. The number of morpholine rings is 1. The van der Waals surface area contributed by atoms with E-state index in [0.29, 0.717) is 6.54 Å². The average molecular weight is 317 g/mol. The lowest BCUT2D eigenvalue weighted by atomic mass is 10.0. The molecule has 5 nitrogen and oxygen atoms in total. The first-order valence-electron chi connectivity index (χ1n) is 8.71. The Morgan fingerprint density at radius 2 is 1.78 bits per heavy atom. The molecule has 0 aliphatic carbocycles. The molecule has 2 aliphatic heterocycles. The lowest BCUT2D eigenvalue weighted by Crippen LogP contribution is -2.44. The van der Waals surface area contributed by atoms with E-state index in [0.717, 1.165) is 51.5 Å². The molecule has 3 rings (SSSR count). The van der Waals surface area contributed by atoms with Gasteiger partial charge in [0.2, 0.25) is 5.91 Å². The van der Waals surface area contributed by atoms with Gasteiger partial charge in [0.1, 0.15) is 6.04 Å². The third-order valence-electron chi connectivity index (χ3n) is 4.70. The Bertz CT molecular complexity index is 482. The molecular weight excluding hydrogens is 290 g/mol. The summed E-state index contributed by atoms with van der Waals surface area (Å²) in [6.07, 6.45) is 2.37. The molecule has 1 aromatic carbocycles. The molecule has 0 bridgehead atoms. The predicted octanol–water partition coefficient (Wildman–Crippen LogP) is 1.27. The minimum atomic E-state index is -0.150. The van der Waals surface area contributed by atoms with Gasteiger partial charge in [0.05, 0.1) is 13.2 Å². The first-order valence-corrected chi connectivity index (χ1v) is 8.71. The summed E-state index contributed by atoms with van der Waals surface area (Å²) in [4.78, 5) is 17.4. The van der Waals surface area contributed by atoms with E-state index in [4.69, 9.17) is 4.74 Å². The van der Waals surface area contributed by atoms with Gasteiger partial charge in [0, 0.05) is 26.2 Å². The number of amides is 1. The lowest BCUT2D eigenvalue weighted by molar-refractivity contribution is -0.126. The van der Waals surface area contributed by atoms with Crippen LogP contribution in [0.5, 0.6) is 0 Å². The topological polar surface area (TPSA) is 44.8 Å². The molecule has 2 heterocycles. The molecule has 0 aromatic heterocycles. The van der Waals surface area contributed by atoms with Crippen LogP contribution in [-0.4, -0.2) is 68.2 Å². The molecule has 2 fully saturated rings. The van der Waals surface area contributed by atoms with Gasteiger partial charge in [-0.1, -0.05) is 30.3 Å². The summed E-state index contributed by atoms with van der Waals surface area (Å²) in [5.74, 6) is 0.131. The number of carbonyl (C=O) groups excluding carboxylic acids is 1. The van der Waals surface area contributed by atoms with Crippen LogP contribution < -0.4 is 5.32 Å². The fourth-order valence-corrected chi connectivity index (χ4v) is 3.42. The second-order valence-electron chi connectivity index (χ2n) is 6.30. The van der Waals surface area contributed by atoms with Crippen LogP contribution in [0.4, 0.5) is 0 Å².